The molecule has 2 fully saturated rings. The summed E-state index contributed by atoms with van der Waals surface area (Å²) in [6.45, 7) is 0. The molecule has 0 saturated heterocycles. The number of aliphatic hydroxyl groups is 1. The van der Waals surface area contributed by atoms with E-state index in [0.29, 0.717) is 43.4 Å². The topological polar surface area (TPSA) is 100 Å². The standard InChI is InChI=1S/C18H22FN3O.C18H23N3O2.CH4/c1-23-16-6-5-13-15-11-20-12-22(15)14(17(13)21-16)7-10-18(19)8-3-2-4-9-18;1-23-17-8-7-13-15-10-19-11-21(15)14(18(13)20-17)9-16(22)12-5-3-2-4-6-12;/h5-6,11-12,14H,2-4,7-10H2,1H3;7-8,10-12,14,16,22H,2-6,9H2,1H3;1H4/t14-;;/m0../s1. The molecule has 252 valence electrons. The molecule has 2 aliphatic heterocycles. The van der Waals surface area contributed by atoms with Gasteiger partial charge in [0.05, 0.1) is 80.2 Å². The molecule has 4 aliphatic rings. The maximum atomic E-state index is 15.0. The first-order valence-electron chi connectivity index (χ1n) is 17.0. The summed E-state index contributed by atoms with van der Waals surface area (Å²) in [5.41, 5.74) is 5.32. The summed E-state index contributed by atoms with van der Waals surface area (Å²) in [4.78, 5) is 17.8. The maximum Gasteiger partial charge on any atom is 0.213 e. The first-order valence-corrected chi connectivity index (χ1v) is 17.0. The third-order valence-corrected chi connectivity index (χ3v) is 10.7. The van der Waals surface area contributed by atoms with Gasteiger partial charge < -0.3 is 23.7 Å². The number of fused-ring (bicyclic) bond motifs is 6. The first-order chi connectivity index (χ1) is 22.5. The second-order valence-electron chi connectivity index (χ2n) is 13.4. The van der Waals surface area contributed by atoms with Crippen molar-refractivity contribution in [2.45, 2.75) is 115 Å². The number of ether oxygens (including phenoxy) is 2. The Bertz CT molecular complexity index is 1640. The number of imidazole rings is 2. The highest BCUT2D eigenvalue weighted by Gasteiger charge is 2.37. The Labute approximate surface area is 277 Å². The van der Waals surface area contributed by atoms with E-state index in [2.05, 4.69) is 29.1 Å². The third kappa shape index (κ3) is 6.53. The summed E-state index contributed by atoms with van der Waals surface area (Å²) in [5, 5.41) is 10.8. The Morgan fingerprint density at radius 1 is 0.809 bits per heavy atom. The van der Waals surface area contributed by atoms with E-state index in [1.54, 1.807) is 14.2 Å². The Hall–Kier alpha value is -3.79. The molecule has 10 heteroatoms. The van der Waals surface area contributed by atoms with Crippen molar-refractivity contribution in [3.8, 4) is 34.3 Å². The van der Waals surface area contributed by atoms with Gasteiger partial charge in [0.1, 0.15) is 5.67 Å². The van der Waals surface area contributed by atoms with Crippen LogP contribution < -0.4 is 9.47 Å². The van der Waals surface area contributed by atoms with Gasteiger partial charge in [0.15, 0.2) is 0 Å². The van der Waals surface area contributed by atoms with Gasteiger partial charge in [-0.25, -0.2) is 24.3 Å². The largest absolute Gasteiger partial charge is 0.481 e. The smallest absolute Gasteiger partial charge is 0.213 e. The average Bonchev–Trinajstić information content (AvgIpc) is 3.88. The van der Waals surface area contributed by atoms with E-state index in [1.807, 2.05) is 49.3 Å². The molecule has 0 spiro atoms. The van der Waals surface area contributed by atoms with Gasteiger partial charge in [-0.15, -0.1) is 0 Å². The van der Waals surface area contributed by atoms with Crippen molar-refractivity contribution in [2.75, 3.05) is 14.2 Å². The Morgan fingerprint density at radius 2 is 1.34 bits per heavy atom. The fourth-order valence-corrected chi connectivity index (χ4v) is 8.14. The minimum atomic E-state index is -0.999. The first kappa shape index (κ1) is 33.1. The van der Waals surface area contributed by atoms with Crippen molar-refractivity contribution in [1.82, 2.24) is 29.1 Å². The van der Waals surface area contributed by atoms with E-state index in [0.717, 1.165) is 66.0 Å². The van der Waals surface area contributed by atoms with Crippen LogP contribution in [0.4, 0.5) is 4.39 Å². The Morgan fingerprint density at radius 3 is 1.91 bits per heavy atom. The highest BCUT2D eigenvalue weighted by molar-refractivity contribution is 5.68. The number of hydrogen-bond donors (Lipinski definition) is 1. The number of pyridine rings is 2. The number of methoxy groups -OCH3 is 2. The van der Waals surface area contributed by atoms with Crippen molar-refractivity contribution >= 4 is 0 Å². The van der Waals surface area contributed by atoms with E-state index in [1.165, 1.54) is 25.7 Å². The van der Waals surface area contributed by atoms with Crippen LogP contribution in [0.2, 0.25) is 0 Å². The van der Waals surface area contributed by atoms with Crippen LogP contribution in [-0.4, -0.2) is 60.2 Å². The molecule has 6 heterocycles. The van der Waals surface area contributed by atoms with Crippen LogP contribution in [0.1, 0.15) is 114 Å². The average molecular weight is 645 g/mol. The zero-order chi connectivity index (χ0) is 31.7. The molecule has 1 N–H and O–H groups in total. The lowest BCUT2D eigenvalue weighted by atomic mass is 9.82. The van der Waals surface area contributed by atoms with Gasteiger partial charge in [-0.05, 0) is 56.6 Å². The Balaban J connectivity index is 0.000000161. The molecular formula is C37H49FN6O3. The van der Waals surface area contributed by atoms with Crippen molar-refractivity contribution in [1.29, 1.82) is 0 Å². The molecule has 0 amide bonds. The van der Waals surface area contributed by atoms with Gasteiger partial charge in [0.25, 0.3) is 0 Å². The molecule has 3 atom stereocenters. The van der Waals surface area contributed by atoms with Crippen molar-refractivity contribution in [3.63, 3.8) is 0 Å². The van der Waals surface area contributed by atoms with Gasteiger partial charge in [-0.2, -0.15) is 0 Å². The lowest BCUT2D eigenvalue weighted by Crippen LogP contribution is -2.27. The van der Waals surface area contributed by atoms with E-state index in [-0.39, 0.29) is 25.6 Å². The molecule has 4 aromatic rings. The minimum Gasteiger partial charge on any atom is -0.481 e. The zero-order valence-electron chi connectivity index (χ0n) is 26.9. The summed E-state index contributed by atoms with van der Waals surface area (Å²) in [6.07, 6.45) is 19.9. The molecular weight excluding hydrogens is 595 g/mol. The maximum absolute atomic E-state index is 15.0. The SMILES string of the molecule is C.COc1ccc2c(n1)C(CC(O)C1CCCCC1)n1cncc1-2.COc1ccc2c(n1)[C@H](CCC1(F)CCCCC1)n1cncc1-2. The van der Waals surface area contributed by atoms with Gasteiger partial charge in [-0.1, -0.05) is 46.0 Å². The molecule has 47 heavy (non-hydrogen) atoms. The van der Waals surface area contributed by atoms with Crippen LogP contribution >= 0.6 is 0 Å². The minimum absolute atomic E-state index is 0. The van der Waals surface area contributed by atoms with E-state index in [9.17, 15) is 9.50 Å². The van der Waals surface area contributed by atoms with Crippen molar-refractivity contribution in [2.24, 2.45) is 5.92 Å². The van der Waals surface area contributed by atoms with E-state index in [4.69, 9.17) is 9.47 Å². The number of hydrogen-bond acceptors (Lipinski definition) is 7. The summed E-state index contributed by atoms with van der Waals surface area (Å²) in [7, 11) is 3.26. The lowest BCUT2D eigenvalue weighted by molar-refractivity contribution is 0.0682. The molecule has 0 aromatic carbocycles. The molecule has 8 rings (SSSR count). The molecule has 9 nitrogen and oxygen atoms in total. The van der Waals surface area contributed by atoms with Crippen molar-refractivity contribution < 1.29 is 19.0 Å². The fourth-order valence-electron chi connectivity index (χ4n) is 8.14. The molecule has 0 radical (unpaired) electrons. The summed E-state index contributed by atoms with van der Waals surface area (Å²) in [5.74, 6) is 1.66. The quantitative estimate of drug-likeness (QED) is 0.207. The van der Waals surface area contributed by atoms with Crippen LogP contribution in [0.25, 0.3) is 22.5 Å². The van der Waals surface area contributed by atoms with E-state index < -0.39 is 5.67 Å². The third-order valence-electron chi connectivity index (χ3n) is 10.7. The number of alkyl halides is 1. The molecule has 0 bridgehead atoms. The van der Waals surface area contributed by atoms with E-state index >= 15 is 0 Å². The lowest BCUT2D eigenvalue weighted by Gasteiger charge is -2.30. The van der Waals surface area contributed by atoms with Crippen molar-refractivity contribution in [3.05, 3.63) is 60.7 Å². The second-order valence-corrected chi connectivity index (χ2v) is 13.4. The number of nitrogens with zero attached hydrogens (tertiary/aromatic N) is 6. The fraction of sp³-hybridized carbons (Fsp3) is 0.568. The summed E-state index contributed by atoms with van der Waals surface area (Å²) < 4.78 is 29.8. The molecule has 2 saturated carbocycles. The van der Waals surface area contributed by atoms with Crippen LogP contribution in [0.3, 0.4) is 0 Å². The normalized spacial score (nSPS) is 21.3. The number of halogens is 1. The van der Waals surface area contributed by atoms with Gasteiger partial charge >= 0.3 is 0 Å². The van der Waals surface area contributed by atoms with Crippen LogP contribution in [-0.2, 0) is 0 Å². The monoisotopic (exact) mass is 644 g/mol. The zero-order valence-corrected chi connectivity index (χ0v) is 26.9. The second kappa shape index (κ2) is 14.1. The highest BCUT2D eigenvalue weighted by Crippen LogP contribution is 2.45. The van der Waals surface area contributed by atoms with Crippen LogP contribution in [0.15, 0.2) is 49.3 Å². The number of rotatable bonds is 8. The Kier molecular flexibility index (Phi) is 9.96. The van der Waals surface area contributed by atoms with Crippen LogP contribution in [0, 0.1) is 5.92 Å². The van der Waals surface area contributed by atoms with Gasteiger partial charge in [-0.3, -0.25) is 0 Å². The van der Waals surface area contributed by atoms with Crippen LogP contribution in [0.5, 0.6) is 11.8 Å². The molecule has 2 unspecified atom stereocenters. The predicted molar refractivity (Wildman–Crippen MR) is 180 cm³/mol. The summed E-state index contributed by atoms with van der Waals surface area (Å²) in [6, 6.07) is 7.94. The predicted octanol–water partition coefficient (Wildman–Crippen LogP) is 8.13. The van der Waals surface area contributed by atoms with Gasteiger partial charge in [0.2, 0.25) is 11.8 Å². The molecule has 4 aromatic heterocycles. The highest BCUT2D eigenvalue weighted by atomic mass is 19.1. The number of aliphatic hydroxyl groups excluding tert-OH is 1. The summed E-state index contributed by atoms with van der Waals surface area (Å²) >= 11 is 0. The molecule has 2 aliphatic carbocycles. The number of aromatic nitrogens is 6. The van der Waals surface area contributed by atoms with Gasteiger partial charge in [0, 0.05) is 29.7 Å².